The van der Waals surface area contributed by atoms with E-state index in [0.717, 1.165) is 12.0 Å². The molecule has 0 fully saturated rings. The van der Waals surface area contributed by atoms with Crippen LogP contribution in [-0.4, -0.2) is 0 Å². The Morgan fingerprint density at radius 3 is 2.29 bits per heavy atom. The van der Waals surface area contributed by atoms with Crippen LogP contribution in [0.15, 0.2) is 30.3 Å². The highest BCUT2D eigenvalue weighted by molar-refractivity contribution is 6.30. The molecule has 0 spiro atoms. The lowest BCUT2D eigenvalue weighted by Gasteiger charge is -2.20. The Balaban J connectivity index is 2.33. The molecule has 0 aliphatic heterocycles. The van der Waals surface area contributed by atoms with Crippen LogP contribution < -0.4 is 11.3 Å². The molecule has 2 aromatic rings. The van der Waals surface area contributed by atoms with Crippen molar-refractivity contribution in [2.75, 3.05) is 0 Å². The van der Waals surface area contributed by atoms with Crippen molar-refractivity contribution < 1.29 is 4.39 Å². The number of hydrogen-bond donors (Lipinski definition) is 2. The van der Waals surface area contributed by atoms with Gasteiger partial charge in [-0.15, -0.1) is 0 Å². The van der Waals surface area contributed by atoms with Crippen molar-refractivity contribution in [3.8, 4) is 0 Å². The Morgan fingerprint density at radius 1 is 1.14 bits per heavy atom. The molecule has 0 aliphatic carbocycles. The van der Waals surface area contributed by atoms with Gasteiger partial charge < -0.3 is 0 Å². The Morgan fingerprint density at radius 2 is 1.76 bits per heavy atom. The topological polar surface area (TPSA) is 38.0 Å². The average molecular weight is 307 g/mol. The molecule has 1 atom stereocenters. The molecule has 2 nitrogen and oxygen atoms in total. The molecule has 0 bridgehead atoms. The van der Waals surface area contributed by atoms with E-state index in [2.05, 4.69) is 38.3 Å². The number of hydrogen-bond acceptors (Lipinski definition) is 2. The van der Waals surface area contributed by atoms with E-state index in [-0.39, 0.29) is 11.1 Å². The quantitative estimate of drug-likeness (QED) is 0.658. The summed E-state index contributed by atoms with van der Waals surface area (Å²) in [6.07, 6.45) is 0.733. The zero-order chi connectivity index (χ0) is 15.6. The molecule has 0 saturated heterocycles. The fourth-order valence-corrected chi connectivity index (χ4v) is 2.93. The van der Waals surface area contributed by atoms with Gasteiger partial charge in [-0.05, 0) is 61.6 Å². The van der Waals surface area contributed by atoms with E-state index in [1.165, 1.54) is 28.3 Å². The lowest BCUT2D eigenvalue weighted by atomic mass is 9.92. The van der Waals surface area contributed by atoms with Crippen molar-refractivity contribution >= 4 is 11.6 Å². The van der Waals surface area contributed by atoms with Gasteiger partial charge >= 0.3 is 0 Å². The maximum Gasteiger partial charge on any atom is 0.141 e. The minimum absolute atomic E-state index is 0.108. The number of nitrogens with one attached hydrogen (secondary N) is 1. The third kappa shape index (κ3) is 3.62. The van der Waals surface area contributed by atoms with E-state index in [1.54, 1.807) is 12.1 Å². The van der Waals surface area contributed by atoms with Gasteiger partial charge in [0, 0.05) is 0 Å². The maximum absolute atomic E-state index is 13.3. The van der Waals surface area contributed by atoms with Crippen LogP contribution in [0, 0.1) is 26.6 Å². The first-order chi connectivity index (χ1) is 9.92. The minimum Gasteiger partial charge on any atom is -0.271 e. The third-order valence-electron chi connectivity index (χ3n) is 3.80. The molecule has 0 amide bonds. The smallest absolute Gasteiger partial charge is 0.141 e. The van der Waals surface area contributed by atoms with E-state index in [0.29, 0.717) is 0 Å². The summed E-state index contributed by atoms with van der Waals surface area (Å²) in [7, 11) is 0. The van der Waals surface area contributed by atoms with Crippen molar-refractivity contribution in [3.05, 3.63) is 69.0 Å². The molecule has 0 aromatic heterocycles. The average Bonchev–Trinajstić information content (AvgIpc) is 2.41. The summed E-state index contributed by atoms with van der Waals surface area (Å²) in [6, 6.07) is 8.92. The number of halogens is 2. The minimum atomic E-state index is -0.418. The standard InChI is InChI=1S/C17H20ClFN2/c1-10-6-11(2)14(12(3)7-10)9-17(21-20)13-4-5-16(19)15(18)8-13/h4-8,17,21H,9,20H2,1-3H3. The van der Waals surface area contributed by atoms with Crippen LogP contribution in [0.25, 0.3) is 0 Å². The highest BCUT2D eigenvalue weighted by Crippen LogP contribution is 2.26. The van der Waals surface area contributed by atoms with E-state index < -0.39 is 5.82 Å². The first-order valence-corrected chi connectivity index (χ1v) is 7.28. The van der Waals surface area contributed by atoms with Crippen molar-refractivity contribution in [2.24, 2.45) is 5.84 Å². The van der Waals surface area contributed by atoms with Crippen LogP contribution in [0.2, 0.25) is 5.02 Å². The maximum atomic E-state index is 13.3. The van der Waals surface area contributed by atoms with Gasteiger partial charge in [-0.3, -0.25) is 11.3 Å². The lowest BCUT2D eigenvalue weighted by molar-refractivity contribution is 0.547. The van der Waals surface area contributed by atoms with Crippen molar-refractivity contribution in [1.29, 1.82) is 0 Å². The summed E-state index contributed by atoms with van der Waals surface area (Å²) in [5.41, 5.74) is 8.65. The Kier molecular flexibility index (Phi) is 4.99. The molecular formula is C17H20ClFN2. The molecule has 2 rings (SSSR count). The van der Waals surface area contributed by atoms with Crippen LogP contribution in [-0.2, 0) is 6.42 Å². The molecule has 0 heterocycles. The Bertz CT molecular complexity index is 632. The van der Waals surface area contributed by atoms with Crippen LogP contribution >= 0.6 is 11.6 Å². The SMILES string of the molecule is Cc1cc(C)c(CC(NN)c2ccc(F)c(Cl)c2)c(C)c1. The molecule has 2 aromatic carbocycles. The summed E-state index contributed by atoms with van der Waals surface area (Å²) in [6.45, 7) is 6.28. The number of rotatable bonds is 4. The molecule has 112 valence electrons. The molecule has 1 unspecified atom stereocenters. The molecule has 0 saturated carbocycles. The van der Waals surface area contributed by atoms with Crippen molar-refractivity contribution in [2.45, 2.75) is 33.2 Å². The lowest BCUT2D eigenvalue weighted by Crippen LogP contribution is -2.30. The molecule has 3 N–H and O–H groups in total. The number of nitrogens with two attached hydrogens (primary N) is 1. The Hall–Kier alpha value is -1.42. The molecular weight excluding hydrogens is 287 g/mol. The summed E-state index contributed by atoms with van der Waals surface area (Å²) in [4.78, 5) is 0. The molecule has 4 heteroatoms. The van der Waals surface area contributed by atoms with Gasteiger partial charge in [0.25, 0.3) is 0 Å². The second-order valence-electron chi connectivity index (χ2n) is 5.47. The van der Waals surface area contributed by atoms with Gasteiger partial charge in [-0.25, -0.2) is 4.39 Å². The zero-order valence-corrected chi connectivity index (χ0v) is 13.3. The van der Waals surface area contributed by atoms with Crippen LogP contribution in [0.1, 0.15) is 33.9 Å². The van der Waals surface area contributed by atoms with Crippen LogP contribution in [0.5, 0.6) is 0 Å². The normalized spacial score (nSPS) is 12.5. The highest BCUT2D eigenvalue weighted by Gasteiger charge is 2.15. The van der Waals surface area contributed by atoms with Gasteiger partial charge in [0.2, 0.25) is 0 Å². The molecule has 21 heavy (non-hydrogen) atoms. The summed E-state index contributed by atoms with van der Waals surface area (Å²) in [5, 5.41) is 0.116. The van der Waals surface area contributed by atoms with E-state index in [4.69, 9.17) is 17.4 Å². The van der Waals surface area contributed by atoms with Crippen molar-refractivity contribution in [1.82, 2.24) is 5.43 Å². The van der Waals surface area contributed by atoms with E-state index in [1.807, 2.05) is 0 Å². The molecule has 0 radical (unpaired) electrons. The monoisotopic (exact) mass is 306 g/mol. The largest absolute Gasteiger partial charge is 0.271 e. The van der Waals surface area contributed by atoms with Gasteiger partial charge in [0.15, 0.2) is 0 Å². The van der Waals surface area contributed by atoms with Crippen molar-refractivity contribution in [3.63, 3.8) is 0 Å². The second-order valence-corrected chi connectivity index (χ2v) is 5.88. The third-order valence-corrected chi connectivity index (χ3v) is 4.09. The predicted molar refractivity (Wildman–Crippen MR) is 85.8 cm³/mol. The number of hydrazine groups is 1. The van der Waals surface area contributed by atoms with Gasteiger partial charge in [-0.1, -0.05) is 35.4 Å². The fraction of sp³-hybridized carbons (Fsp3) is 0.294. The van der Waals surface area contributed by atoms with Crippen LogP contribution in [0.4, 0.5) is 4.39 Å². The van der Waals surface area contributed by atoms with Gasteiger partial charge in [0.1, 0.15) is 5.82 Å². The first kappa shape index (κ1) is 16.0. The van der Waals surface area contributed by atoms with E-state index >= 15 is 0 Å². The van der Waals surface area contributed by atoms with Crippen LogP contribution in [0.3, 0.4) is 0 Å². The van der Waals surface area contributed by atoms with Gasteiger partial charge in [-0.2, -0.15) is 0 Å². The molecule has 0 aliphatic rings. The summed E-state index contributed by atoms with van der Waals surface area (Å²) >= 11 is 5.86. The Labute approximate surface area is 130 Å². The fourth-order valence-electron chi connectivity index (χ4n) is 2.74. The summed E-state index contributed by atoms with van der Waals surface area (Å²) < 4.78 is 13.3. The predicted octanol–water partition coefficient (Wildman–Crippen LogP) is 4.15. The number of aryl methyl sites for hydroxylation is 3. The zero-order valence-electron chi connectivity index (χ0n) is 12.5. The second kappa shape index (κ2) is 6.56. The van der Waals surface area contributed by atoms with Gasteiger partial charge in [0.05, 0.1) is 11.1 Å². The summed E-state index contributed by atoms with van der Waals surface area (Å²) in [5.74, 6) is 5.27. The number of benzene rings is 2. The van der Waals surface area contributed by atoms with E-state index in [9.17, 15) is 4.39 Å². The first-order valence-electron chi connectivity index (χ1n) is 6.90. The highest BCUT2D eigenvalue weighted by atomic mass is 35.5.